The highest BCUT2D eigenvalue weighted by molar-refractivity contribution is 5.61. The number of nitrogens with one attached hydrogen (secondary N) is 1. The van der Waals surface area contributed by atoms with Gasteiger partial charge in [-0.15, -0.1) is 0 Å². The van der Waals surface area contributed by atoms with Crippen molar-refractivity contribution in [2.45, 2.75) is 6.92 Å². The second kappa shape index (κ2) is 7.23. The summed E-state index contributed by atoms with van der Waals surface area (Å²) >= 11 is 0. The van der Waals surface area contributed by atoms with E-state index in [1.54, 1.807) is 12.1 Å². The fourth-order valence-corrected chi connectivity index (χ4v) is 3.38. The van der Waals surface area contributed by atoms with Gasteiger partial charge in [0.2, 0.25) is 5.95 Å². The zero-order chi connectivity index (χ0) is 18.8. The van der Waals surface area contributed by atoms with Gasteiger partial charge in [0.05, 0.1) is 5.69 Å². The third-order valence-electron chi connectivity index (χ3n) is 4.81. The lowest BCUT2D eigenvalue weighted by atomic mass is 10.1. The molecule has 0 radical (unpaired) electrons. The number of benzene rings is 2. The molecule has 1 fully saturated rings. The molecule has 1 saturated heterocycles. The van der Waals surface area contributed by atoms with Crippen molar-refractivity contribution in [3.63, 3.8) is 0 Å². The number of hydrogen-bond donors (Lipinski definition) is 1. The molecule has 6 heteroatoms. The largest absolute Gasteiger partial charge is 0.368 e. The third-order valence-corrected chi connectivity index (χ3v) is 4.81. The Bertz CT molecular complexity index is 992. The molecule has 1 aliphatic rings. The molecule has 0 atom stereocenters. The third kappa shape index (κ3) is 3.84. The highest BCUT2D eigenvalue weighted by atomic mass is 19.1. The van der Waals surface area contributed by atoms with Gasteiger partial charge in [-0.2, -0.15) is 0 Å². The first kappa shape index (κ1) is 17.3. The maximum atomic E-state index is 13.1. The average Bonchev–Trinajstić information content (AvgIpc) is 2.68. The standard InChI is InChI=1S/C21H21FN4O/c1-15-3-2-4-16(13-15)19-14-20(27)24-21(23-19)26-11-9-25(10-12-26)18-7-5-17(22)6-8-18/h2-8,13-14H,9-12H2,1H3,(H,23,24,27). The number of anilines is 2. The molecule has 0 unspecified atom stereocenters. The van der Waals surface area contributed by atoms with Gasteiger partial charge in [0.15, 0.2) is 0 Å². The Morgan fingerprint density at radius 2 is 1.67 bits per heavy atom. The summed E-state index contributed by atoms with van der Waals surface area (Å²) in [4.78, 5) is 24.0. The summed E-state index contributed by atoms with van der Waals surface area (Å²) in [5.74, 6) is 0.366. The second-order valence-corrected chi connectivity index (χ2v) is 6.77. The van der Waals surface area contributed by atoms with Crippen LogP contribution in [0.2, 0.25) is 0 Å². The number of nitrogens with zero attached hydrogens (tertiary/aromatic N) is 3. The normalized spacial score (nSPS) is 14.4. The van der Waals surface area contributed by atoms with E-state index >= 15 is 0 Å². The molecule has 0 bridgehead atoms. The Labute approximate surface area is 157 Å². The number of rotatable bonds is 3. The lowest BCUT2D eigenvalue weighted by molar-refractivity contribution is 0.623. The van der Waals surface area contributed by atoms with Crippen LogP contribution >= 0.6 is 0 Å². The molecule has 0 aliphatic carbocycles. The van der Waals surface area contributed by atoms with E-state index in [9.17, 15) is 9.18 Å². The van der Waals surface area contributed by atoms with E-state index < -0.39 is 0 Å². The van der Waals surface area contributed by atoms with Crippen molar-refractivity contribution >= 4 is 11.6 Å². The van der Waals surface area contributed by atoms with E-state index in [2.05, 4.69) is 19.8 Å². The monoisotopic (exact) mass is 364 g/mol. The topological polar surface area (TPSA) is 52.2 Å². The minimum absolute atomic E-state index is 0.155. The van der Waals surface area contributed by atoms with Crippen LogP contribution in [0.3, 0.4) is 0 Å². The van der Waals surface area contributed by atoms with E-state index in [-0.39, 0.29) is 11.4 Å². The molecule has 2 aromatic carbocycles. The summed E-state index contributed by atoms with van der Waals surface area (Å²) in [5, 5.41) is 0. The number of halogens is 1. The van der Waals surface area contributed by atoms with Crippen LogP contribution in [0.15, 0.2) is 59.4 Å². The maximum Gasteiger partial charge on any atom is 0.252 e. The van der Waals surface area contributed by atoms with Crippen LogP contribution in [0, 0.1) is 12.7 Å². The molecule has 3 aromatic rings. The lowest BCUT2D eigenvalue weighted by Crippen LogP contribution is -2.47. The fourth-order valence-electron chi connectivity index (χ4n) is 3.38. The molecule has 0 saturated carbocycles. The zero-order valence-corrected chi connectivity index (χ0v) is 15.2. The maximum absolute atomic E-state index is 13.1. The highest BCUT2D eigenvalue weighted by Crippen LogP contribution is 2.21. The first-order chi connectivity index (χ1) is 13.1. The van der Waals surface area contributed by atoms with E-state index in [0.29, 0.717) is 11.6 Å². The van der Waals surface area contributed by atoms with Gasteiger partial charge in [0, 0.05) is 43.5 Å². The van der Waals surface area contributed by atoms with Gasteiger partial charge in [-0.1, -0.05) is 23.8 Å². The van der Waals surface area contributed by atoms with Crippen molar-refractivity contribution in [3.8, 4) is 11.3 Å². The Kier molecular flexibility index (Phi) is 4.62. The van der Waals surface area contributed by atoms with Crippen molar-refractivity contribution < 1.29 is 4.39 Å². The number of hydrogen-bond acceptors (Lipinski definition) is 4. The molecule has 1 aromatic heterocycles. The SMILES string of the molecule is Cc1cccc(-c2cc(=O)[nH]c(N3CCN(c4ccc(F)cc4)CC3)n2)c1. The quantitative estimate of drug-likeness (QED) is 0.775. The molecule has 0 amide bonds. The van der Waals surface area contributed by atoms with Crippen LogP contribution in [0.4, 0.5) is 16.0 Å². The molecule has 2 heterocycles. The van der Waals surface area contributed by atoms with Crippen LogP contribution in [-0.2, 0) is 0 Å². The fraction of sp³-hybridized carbons (Fsp3) is 0.238. The van der Waals surface area contributed by atoms with Crippen molar-refractivity contribution in [1.29, 1.82) is 0 Å². The minimum Gasteiger partial charge on any atom is -0.368 e. The lowest BCUT2D eigenvalue weighted by Gasteiger charge is -2.36. The van der Waals surface area contributed by atoms with E-state index in [1.165, 1.54) is 18.2 Å². The summed E-state index contributed by atoms with van der Waals surface area (Å²) in [6.45, 7) is 5.05. The van der Waals surface area contributed by atoms with Gasteiger partial charge < -0.3 is 9.80 Å². The van der Waals surface area contributed by atoms with Gasteiger partial charge in [0.1, 0.15) is 5.82 Å². The van der Waals surface area contributed by atoms with Crippen LogP contribution < -0.4 is 15.4 Å². The minimum atomic E-state index is -0.230. The van der Waals surface area contributed by atoms with Crippen LogP contribution in [0.5, 0.6) is 0 Å². The van der Waals surface area contributed by atoms with Crippen LogP contribution in [0.25, 0.3) is 11.3 Å². The highest BCUT2D eigenvalue weighted by Gasteiger charge is 2.19. The van der Waals surface area contributed by atoms with Crippen molar-refractivity contribution in [3.05, 3.63) is 76.3 Å². The Morgan fingerprint density at radius 1 is 0.963 bits per heavy atom. The molecule has 1 aliphatic heterocycles. The van der Waals surface area contributed by atoms with Crippen molar-refractivity contribution in [1.82, 2.24) is 9.97 Å². The molecular weight excluding hydrogens is 343 g/mol. The number of aromatic nitrogens is 2. The smallest absolute Gasteiger partial charge is 0.252 e. The second-order valence-electron chi connectivity index (χ2n) is 6.77. The Balaban J connectivity index is 1.53. The molecule has 5 nitrogen and oxygen atoms in total. The van der Waals surface area contributed by atoms with Gasteiger partial charge in [-0.25, -0.2) is 9.37 Å². The van der Waals surface area contributed by atoms with Crippen LogP contribution in [0.1, 0.15) is 5.56 Å². The molecule has 138 valence electrons. The predicted molar refractivity (Wildman–Crippen MR) is 106 cm³/mol. The summed E-state index contributed by atoms with van der Waals surface area (Å²) in [6, 6.07) is 16.1. The zero-order valence-electron chi connectivity index (χ0n) is 15.2. The van der Waals surface area contributed by atoms with Gasteiger partial charge >= 0.3 is 0 Å². The summed E-state index contributed by atoms with van der Waals surface area (Å²) in [5.41, 5.74) is 3.60. The summed E-state index contributed by atoms with van der Waals surface area (Å²) in [6.07, 6.45) is 0. The average molecular weight is 364 g/mol. The predicted octanol–water partition coefficient (Wildman–Crippen LogP) is 3.21. The molecule has 0 spiro atoms. The number of H-pyrrole nitrogens is 1. The number of piperazine rings is 1. The van der Waals surface area contributed by atoms with E-state index in [1.807, 2.05) is 31.2 Å². The van der Waals surface area contributed by atoms with Gasteiger partial charge in [0.25, 0.3) is 5.56 Å². The summed E-state index contributed by atoms with van der Waals surface area (Å²) in [7, 11) is 0. The van der Waals surface area contributed by atoms with Crippen LogP contribution in [-0.4, -0.2) is 36.1 Å². The number of aromatic amines is 1. The molecular formula is C21H21FN4O. The number of aryl methyl sites for hydroxylation is 1. The molecule has 4 rings (SSSR count). The Morgan fingerprint density at radius 3 is 2.37 bits per heavy atom. The first-order valence-corrected chi connectivity index (χ1v) is 9.02. The summed E-state index contributed by atoms with van der Waals surface area (Å²) < 4.78 is 13.1. The van der Waals surface area contributed by atoms with E-state index in [0.717, 1.165) is 43.0 Å². The first-order valence-electron chi connectivity index (χ1n) is 9.02. The van der Waals surface area contributed by atoms with E-state index in [4.69, 9.17) is 0 Å². The molecule has 27 heavy (non-hydrogen) atoms. The Hall–Kier alpha value is -3.15. The molecule has 1 N–H and O–H groups in total. The van der Waals surface area contributed by atoms with Crippen molar-refractivity contribution in [2.75, 3.05) is 36.0 Å². The van der Waals surface area contributed by atoms with Gasteiger partial charge in [-0.3, -0.25) is 9.78 Å². The van der Waals surface area contributed by atoms with Crippen molar-refractivity contribution in [2.24, 2.45) is 0 Å². The van der Waals surface area contributed by atoms with Gasteiger partial charge in [-0.05, 0) is 37.3 Å².